The molecule has 1 aromatic heterocycles. The van der Waals surface area contributed by atoms with E-state index in [-0.39, 0.29) is 5.92 Å². The van der Waals surface area contributed by atoms with E-state index < -0.39 is 10.0 Å². The lowest BCUT2D eigenvalue weighted by atomic mass is 10.1. The third kappa shape index (κ3) is 4.52. The largest absolute Gasteiger partial charge is 0.250 e. The summed E-state index contributed by atoms with van der Waals surface area (Å²) in [7, 11) is -3.38. The number of sulfonamides is 1. The van der Waals surface area contributed by atoms with Gasteiger partial charge in [-0.15, -0.1) is 22.9 Å². The van der Waals surface area contributed by atoms with E-state index >= 15 is 0 Å². The maximum Gasteiger partial charge on any atom is 0.250 e. The normalized spacial score (nSPS) is 13.9. The Bertz CT molecular complexity index is 453. The molecule has 0 amide bonds. The SMILES string of the molecule is Cc1cc(S(=O)(=O)NCC(C)CCCl)sc1Br. The Hall–Kier alpha value is 0.380. The summed E-state index contributed by atoms with van der Waals surface area (Å²) in [4.78, 5) is 0. The quantitative estimate of drug-likeness (QED) is 0.791. The number of aryl methyl sites for hydroxylation is 1. The molecule has 0 aromatic carbocycles. The molecule has 0 bridgehead atoms. The van der Waals surface area contributed by atoms with Gasteiger partial charge in [0, 0.05) is 12.4 Å². The lowest BCUT2D eigenvalue weighted by molar-refractivity contribution is 0.531. The highest BCUT2D eigenvalue weighted by Gasteiger charge is 2.18. The van der Waals surface area contributed by atoms with Crippen LogP contribution in [0.1, 0.15) is 18.9 Å². The van der Waals surface area contributed by atoms with Gasteiger partial charge in [0.15, 0.2) is 0 Å². The van der Waals surface area contributed by atoms with Crippen molar-refractivity contribution in [2.75, 3.05) is 12.4 Å². The molecule has 0 saturated carbocycles. The van der Waals surface area contributed by atoms with Crippen molar-refractivity contribution in [3.05, 3.63) is 15.4 Å². The van der Waals surface area contributed by atoms with E-state index in [1.54, 1.807) is 6.07 Å². The number of thiophene rings is 1. The number of hydrogen-bond donors (Lipinski definition) is 1. The van der Waals surface area contributed by atoms with Crippen LogP contribution in [0.2, 0.25) is 0 Å². The van der Waals surface area contributed by atoms with E-state index in [0.29, 0.717) is 16.6 Å². The zero-order valence-electron chi connectivity index (χ0n) is 9.66. The smallest absolute Gasteiger partial charge is 0.210 e. The lowest BCUT2D eigenvalue weighted by Crippen LogP contribution is -2.28. The zero-order valence-corrected chi connectivity index (χ0v) is 13.6. The third-order valence-electron chi connectivity index (χ3n) is 2.32. The van der Waals surface area contributed by atoms with Crippen LogP contribution in [0.5, 0.6) is 0 Å². The second-order valence-corrected chi connectivity index (χ2v) is 8.70. The van der Waals surface area contributed by atoms with E-state index in [9.17, 15) is 8.42 Å². The van der Waals surface area contributed by atoms with Crippen molar-refractivity contribution >= 4 is 48.9 Å². The van der Waals surface area contributed by atoms with Gasteiger partial charge < -0.3 is 0 Å². The molecule has 0 aliphatic carbocycles. The topological polar surface area (TPSA) is 46.2 Å². The third-order valence-corrected chi connectivity index (χ3v) is 6.58. The van der Waals surface area contributed by atoms with Crippen LogP contribution in [-0.2, 0) is 10.0 Å². The number of hydrogen-bond acceptors (Lipinski definition) is 3. The predicted molar refractivity (Wildman–Crippen MR) is 76.4 cm³/mol. The van der Waals surface area contributed by atoms with Crippen molar-refractivity contribution in [3.8, 4) is 0 Å². The van der Waals surface area contributed by atoms with Gasteiger partial charge in [-0.25, -0.2) is 13.1 Å². The molecule has 0 saturated heterocycles. The van der Waals surface area contributed by atoms with Gasteiger partial charge in [-0.3, -0.25) is 0 Å². The van der Waals surface area contributed by atoms with Crippen LogP contribution in [0, 0.1) is 12.8 Å². The van der Waals surface area contributed by atoms with E-state index in [0.717, 1.165) is 15.8 Å². The van der Waals surface area contributed by atoms with Crippen molar-refractivity contribution < 1.29 is 8.42 Å². The summed E-state index contributed by atoms with van der Waals surface area (Å²) in [6.45, 7) is 4.26. The number of halogens is 2. The van der Waals surface area contributed by atoms with Crippen molar-refractivity contribution in [1.82, 2.24) is 4.72 Å². The first kappa shape index (κ1) is 15.4. The lowest BCUT2D eigenvalue weighted by Gasteiger charge is -2.10. The average Bonchev–Trinajstić information content (AvgIpc) is 2.58. The van der Waals surface area contributed by atoms with Crippen LogP contribution < -0.4 is 4.72 Å². The highest BCUT2D eigenvalue weighted by atomic mass is 79.9. The first-order valence-electron chi connectivity index (χ1n) is 5.18. The van der Waals surface area contributed by atoms with Gasteiger partial charge >= 0.3 is 0 Å². The summed E-state index contributed by atoms with van der Waals surface area (Å²) in [6.07, 6.45) is 0.803. The molecule has 1 heterocycles. The molecule has 0 radical (unpaired) electrons. The summed E-state index contributed by atoms with van der Waals surface area (Å²) in [5.74, 6) is 0.791. The summed E-state index contributed by atoms with van der Waals surface area (Å²) in [6, 6.07) is 1.67. The van der Waals surface area contributed by atoms with E-state index in [2.05, 4.69) is 20.7 Å². The number of rotatable bonds is 6. The second-order valence-electron chi connectivity index (χ2n) is 3.96. The van der Waals surface area contributed by atoms with Crippen molar-refractivity contribution in [3.63, 3.8) is 0 Å². The zero-order chi connectivity index (χ0) is 13.1. The van der Waals surface area contributed by atoms with Crippen LogP contribution in [0.4, 0.5) is 0 Å². The maximum atomic E-state index is 12.0. The maximum absolute atomic E-state index is 12.0. The van der Waals surface area contributed by atoms with Crippen LogP contribution >= 0.6 is 38.9 Å². The van der Waals surface area contributed by atoms with Crippen LogP contribution in [0.25, 0.3) is 0 Å². The van der Waals surface area contributed by atoms with Crippen molar-refractivity contribution in [2.24, 2.45) is 5.92 Å². The molecule has 1 rings (SSSR count). The number of nitrogens with one attached hydrogen (secondary N) is 1. The fraction of sp³-hybridized carbons (Fsp3) is 0.600. The molecular weight excluding hydrogens is 346 g/mol. The van der Waals surface area contributed by atoms with Gasteiger partial charge in [-0.2, -0.15) is 0 Å². The van der Waals surface area contributed by atoms with Gasteiger partial charge in [0.05, 0.1) is 3.79 Å². The molecule has 1 unspecified atom stereocenters. The minimum Gasteiger partial charge on any atom is -0.210 e. The van der Waals surface area contributed by atoms with Crippen LogP contribution in [-0.4, -0.2) is 20.8 Å². The van der Waals surface area contributed by atoms with Crippen molar-refractivity contribution in [1.29, 1.82) is 0 Å². The van der Waals surface area contributed by atoms with Crippen molar-refractivity contribution in [2.45, 2.75) is 24.5 Å². The van der Waals surface area contributed by atoms with Gasteiger partial charge in [0.2, 0.25) is 10.0 Å². The molecule has 98 valence electrons. The molecule has 3 nitrogen and oxygen atoms in total. The molecule has 1 atom stereocenters. The summed E-state index contributed by atoms with van der Waals surface area (Å²) in [5.41, 5.74) is 0.934. The van der Waals surface area contributed by atoms with E-state index in [1.165, 1.54) is 11.3 Å². The fourth-order valence-electron chi connectivity index (χ4n) is 1.18. The van der Waals surface area contributed by atoms with Gasteiger partial charge in [0.25, 0.3) is 0 Å². The Balaban J connectivity index is 2.69. The predicted octanol–water partition coefficient (Wildman–Crippen LogP) is 3.36. The number of alkyl halides is 1. The summed E-state index contributed by atoms with van der Waals surface area (Å²) < 4.78 is 27.7. The summed E-state index contributed by atoms with van der Waals surface area (Å²) in [5, 5.41) is 0. The van der Waals surface area contributed by atoms with E-state index in [4.69, 9.17) is 11.6 Å². The van der Waals surface area contributed by atoms with Gasteiger partial charge in [-0.1, -0.05) is 6.92 Å². The second kappa shape index (κ2) is 6.52. The molecule has 1 aromatic rings. The van der Waals surface area contributed by atoms with Gasteiger partial charge in [-0.05, 0) is 46.8 Å². The first-order valence-corrected chi connectivity index (χ1v) is 8.81. The first-order chi connectivity index (χ1) is 7.86. The van der Waals surface area contributed by atoms with Gasteiger partial charge in [0.1, 0.15) is 4.21 Å². The molecule has 17 heavy (non-hydrogen) atoms. The monoisotopic (exact) mass is 359 g/mol. The van der Waals surface area contributed by atoms with E-state index in [1.807, 2.05) is 13.8 Å². The highest BCUT2D eigenvalue weighted by molar-refractivity contribution is 9.11. The Kier molecular flexibility index (Phi) is 5.92. The molecule has 7 heteroatoms. The Morgan fingerprint density at radius 3 is 2.71 bits per heavy atom. The van der Waals surface area contributed by atoms with Crippen LogP contribution in [0.15, 0.2) is 14.1 Å². The summed E-state index contributed by atoms with van der Waals surface area (Å²) >= 11 is 10.2. The minimum atomic E-state index is -3.38. The molecule has 0 aliphatic rings. The average molecular weight is 361 g/mol. The fourth-order valence-corrected chi connectivity index (χ4v) is 4.98. The molecule has 1 N–H and O–H groups in total. The standard InChI is InChI=1S/C10H15BrClNO2S2/c1-7(3-4-12)6-13-17(14,15)9-5-8(2)10(11)16-9/h5,7,13H,3-4,6H2,1-2H3. The Labute approximate surface area is 120 Å². The molecular formula is C10H15BrClNO2S2. The molecule has 0 fully saturated rings. The Morgan fingerprint density at radius 2 is 2.24 bits per heavy atom. The molecule has 0 spiro atoms. The molecule has 0 aliphatic heterocycles. The van der Waals surface area contributed by atoms with Crippen LogP contribution in [0.3, 0.4) is 0 Å². The highest BCUT2D eigenvalue weighted by Crippen LogP contribution is 2.30. The minimum absolute atomic E-state index is 0.242. The Morgan fingerprint density at radius 1 is 1.59 bits per heavy atom.